The number of ether oxygens (including phenoxy) is 2. The molecule has 0 radical (unpaired) electrons. The number of hydrogen-bond donors (Lipinski definition) is 3. The molecule has 0 unspecified atom stereocenters. The van der Waals surface area contributed by atoms with E-state index in [-0.39, 0.29) is 12.0 Å². The van der Waals surface area contributed by atoms with Gasteiger partial charge in [-0.25, -0.2) is 5.84 Å². The van der Waals surface area contributed by atoms with Crippen molar-refractivity contribution < 1.29 is 9.47 Å². The standard InChI is InChI=1S/C13H18N6O2/c1-20-10-6-4-3-5-9(10)7-8-15-11-16-12(19-14)18-13(17-11)21-2/h3-6H,7-8,14H2,1-2H3,(H2,15,16,17,18,19). The van der Waals surface area contributed by atoms with Crippen LogP contribution in [-0.4, -0.2) is 35.7 Å². The third kappa shape index (κ3) is 3.93. The molecule has 8 heteroatoms. The topological polar surface area (TPSA) is 107 Å². The second-order valence-electron chi connectivity index (χ2n) is 4.10. The normalized spacial score (nSPS) is 10.0. The van der Waals surface area contributed by atoms with Crippen molar-refractivity contribution >= 4 is 11.9 Å². The molecule has 0 atom stereocenters. The lowest BCUT2D eigenvalue weighted by Gasteiger charge is -2.10. The molecule has 0 spiro atoms. The molecule has 0 aliphatic heterocycles. The van der Waals surface area contributed by atoms with Crippen LogP contribution in [0.3, 0.4) is 0 Å². The molecule has 0 bridgehead atoms. The number of hydrazine groups is 1. The van der Waals surface area contributed by atoms with Gasteiger partial charge >= 0.3 is 6.01 Å². The SMILES string of the molecule is COc1nc(NN)nc(NCCc2ccccc2OC)n1. The largest absolute Gasteiger partial charge is 0.496 e. The molecule has 0 fully saturated rings. The van der Waals surface area contributed by atoms with Crippen molar-refractivity contribution in [3.05, 3.63) is 29.8 Å². The third-order valence-electron chi connectivity index (χ3n) is 2.80. The second kappa shape index (κ2) is 7.25. The minimum absolute atomic E-state index is 0.192. The predicted molar refractivity (Wildman–Crippen MR) is 79.4 cm³/mol. The van der Waals surface area contributed by atoms with Gasteiger partial charge in [-0.15, -0.1) is 0 Å². The molecule has 0 aliphatic rings. The van der Waals surface area contributed by atoms with Gasteiger partial charge in [0.1, 0.15) is 5.75 Å². The van der Waals surface area contributed by atoms with Crippen LogP contribution >= 0.6 is 0 Å². The van der Waals surface area contributed by atoms with Gasteiger partial charge in [-0.1, -0.05) is 18.2 Å². The van der Waals surface area contributed by atoms with Crippen molar-refractivity contribution in [1.82, 2.24) is 15.0 Å². The van der Waals surface area contributed by atoms with Crippen molar-refractivity contribution in [2.75, 3.05) is 31.5 Å². The summed E-state index contributed by atoms with van der Waals surface area (Å²) in [5, 5.41) is 3.10. The summed E-state index contributed by atoms with van der Waals surface area (Å²) in [6.07, 6.45) is 0.767. The van der Waals surface area contributed by atoms with Gasteiger partial charge in [-0.2, -0.15) is 15.0 Å². The number of aromatic nitrogens is 3. The van der Waals surface area contributed by atoms with E-state index in [0.29, 0.717) is 12.5 Å². The Kier molecular flexibility index (Phi) is 5.10. The summed E-state index contributed by atoms with van der Waals surface area (Å²) in [4.78, 5) is 12.1. The highest BCUT2D eigenvalue weighted by Gasteiger charge is 2.06. The van der Waals surface area contributed by atoms with Gasteiger partial charge in [0.25, 0.3) is 0 Å². The summed E-state index contributed by atoms with van der Waals surface area (Å²) in [6.45, 7) is 0.636. The minimum Gasteiger partial charge on any atom is -0.496 e. The number of nitrogens with zero attached hydrogens (tertiary/aromatic N) is 3. The number of para-hydroxylation sites is 1. The number of methoxy groups -OCH3 is 2. The first-order valence-electron chi connectivity index (χ1n) is 6.39. The second-order valence-corrected chi connectivity index (χ2v) is 4.10. The van der Waals surface area contributed by atoms with E-state index in [9.17, 15) is 0 Å². The summed E-state index contributed by atoms with van der Waals surface area (Å²) in [5.74, 6) is 6.79. The van der Waals surface area contributed by atoms with Crippen molar-refractivity contribution in [2.45, 2.75) is 6.42 Å². The van der Waals surface area contributed by atoms with Crippen molar-refractivity contribution in [3.8, 4) is 11.8 Å². The van der Waals surface area contributed by atoms with Gasteiger partial charge in [-0.3, -0.25) is 5.43 Å². The summed E-state index contributed by atoms with van der Waals surface area (Å²) < 4.78 is 10.3. The molecule has 8 nitrogen and oxygen atoms in total. The maximum atomic E-state index is 5.31. The summed E-state index contributed by atoms with van der Waals surface area (Å²) in [6, 6.07) is 8.04. The molecule has 1 heterocycles. The van der Waals surface area contributed by atoms with Crippen LogP contribution in [0.2, 0.25) is 0 Å². The van der Waals surface area contributed by atoms with Gasteiger partial charge in [-0.05, 0) is 18.1 Å². The first-order valence-corrected chi connectivity index (χ1v) is 6.39. The molecule has 1 aromatic carbocycles. The van der Waals surface area contributed by atoms with E-state index in [4.69, 9.17) is 15.3 Å². The number of nitrogens with one attached hydrogen (secondary N) is 2. The van der Waals surface area contributed by atoms with Crippen molar-refractivity contribution in [2.24, 2.45) is 5.84 Å². The van der Waals surface area contributed by atoms with Crippen LogP contribution in [-0.2, 0) is 6.42 Å². The van der Waals surface area contributed by atoms with Gasteiger partial charge in [0.2, 0.25) is 11.9 Å². The molecule has 21 heavy (non-hydrogen) atoms. The van der Waals surface area contributed by atoms with E-state index in [1.807, 2.05) is 24.3 Å². The molecule has 0 amide bonds. The molecule has 2 aromatic rings. The maximum absolute atomic E-state index is 5.31. The Balaban J connectivity index is 2.00. The van der Waals surface area contributed by atoms with Crippen molar-refractivity contribution in [1.29, 1.82) is 0 Å². The molecule has 112 valence electrons. The van der Waals surface area contributed by atoms with E-state index in [2.05, 4.69) is 25.7 Å². The molecule has 0 saturated carbocycles. The zero-order valence-corrected chi connectivity index (χ0v) is 12.0. The van der Waals surface area contributed by atoms with Gasteiger partial charge in [0.05, 0.1) is 14.2 Å². The monoisotopic (exact) mass is 290 g/mol. The number of benzene rings is 1. The maximum Gasteiger partial charge on any atom is 0.322 e. The first-order chi connectivity index (χ1) is 10.3. The number of rotatable bonds is 7. The Morgan fingerprint density at radius 3 is 2.52 bits per heavy atom. The van der Waals surface area contributed by atoms with Crippen LogP contribution in [0.15, 0.2) is 24.3 Å². The van der Waals surface area contributed by atoms with Gasteiger partial charge in [0, 0.05) is 6.54 Å². The smallest absolute Gasteiger partial charge is 0.322 e. The van der Waals surface area contributed by atoms with Crippen molar-refractivity contribution in [3.63, 3.8) is 0 Å². The van der Waals surface area contributed by atoms with Crippen LogP contribution in [0.5, 0.6) is 11.8 Å². The number of nitrogens with two attached hydrogens (primary N) is 1. The van der Waals surface area contributed by atoms with Crippen LogP contribution in [0, 0.1) is 0 Å². The highest BCUT2D eigenvalue weighted by Crippen LogP contribution is 2.18. The lowest BCUT2D eigenvalue weighted by molar-refractivity contribution is 0.379. The molecule has 0 saturated heterocycles. The van der Waals surface area contributed by atoms with E-state index >= 15 is 0 Å². The minimum atomic E-state index is 0.192. The highest BCUT2D eigenvalue weighted by molar-refractivity contribution is 5.37. The van der Waals surface area contributed by atoms with E-state index in [1.165, 1.54) is 7.11 Å². The zero-order valence-electron chi connectivity index (χ0n) is 12.0. The quantitative estimate of drug-likeness (QED) is 0.508. The van der Waals surface area contributed by atoms with E-state index < -0.39 is 0 Å². The Morgan fingerprint density at radius 1 is 1.05 bits per heavy atom. The third-order valence-corrected chi connectivity index (χ3v) is 2.80. The van der Waals surface area contributed by atoms with E-state index in [0.717, 1.165) is 17.7 Å². The lowest BCUT2D eigenvalue weighted by atomic mass is 10.1. The Morgan fingerprint density at radius 2 is 1.81 bits per heavy atom. The van der Waals surface area contributed by atoms with Gasteiger partial charge < -0.3 is 14.8 Å². The van der Waals surface area contributed by atoms with Crippen LogP contribution in [0.1, 0.15) is 5.56 Å². The molecule has 1 aromatic heterocycles. The molecular weight excluding hydrogens is 272 g/mol. The first kappa shape index (κ1) is 14.8. The van der Waals surface area contributed by atoms with E-state index in [1.54, 1.807) is 7.11 Å². The Hall–Kier alpha value is -2.61. The average Bonchev–Trinajstić information content (AvgIpc) is 2.54. The summed E-state index contributed by atoms with van der Waals surface area (Å²) in [5.41, 5.74) is 3.47. The number of hydrogen-bond acceptors (Lipinski definition) is 8. The fourth-order valence-corrected chi connectivity index (χ4v) is 1.81. The van der Waals surface area contributed by atoms with Crippen LogP contribution in [0.25, 0.3) is 0 Å². The fraction of sp³-hybridized carbons (Fsp3) is 0.308. The number of anilines is 2. The molecule has 2 rings (SSSR count). The Labute approximate surface area is 122 Å². The van der Waals surface area contributed by atoms with Crippen LogP contribution in [0.4, 0.5) is 11.9 Å². The lowest BCUT2D eigenvalue weighted by Crippen LogP contribution is -2.15. The molecule has 0 aliphatic carbocycles. The Bertz CT molecular complexity index is 570. The van der Waals surface area contributed by atoms with Crippen LogP contribution < -0.4 is 26.1 Å². The highest BCUT2D eigenvalue weighted by atomic mass is 16.5. The fourth-order valence-electron chi connectivity index (χ4n) is 1.81. The van der Waals surface area contributed by atoms with Gasteiger partial charge in [0.15, 0.2) is 0 Å². The summed E-state index contributed by atoms with van der Waals surface area (Å²) >= 11 is 0. The average molecular weight is 290 g/mol. The molecule has 4 N–H and O–H groups in total. The predicted octanol–water partition coefficient (Wildman–Crippen LogP) is 0.829. The number of nitrogen functional groups attached to an aromatic ring is 1. The zero-order chi connectivity index (χ0) is 15.1. The molecular formula is C13H18N6O2. The summed E-state index contributed by atoms with van der Waals surface area (Å²) in [7, 11) is 3.14.